The van der Waals surface area contributed by atoms with Crippen LogP contribution in [0.15, 0.2) is 53.3 Å². The number of aryl methyl sites for hydroxylation is 1. The average Bonchev–Trinajstić information content (AvgIpc) is 2.87. The molecule has 0 aliphatic carbocycles. The molecule has 3 aromatic rings. The first kappa shape index (κ1) is 26.6. The summed E-state index contributed by atoms with van der Waals surface area (Å²) in [5.41, 5.74) is 0.315. The van der Waals surface area contributed by atoms with Crippen molar-refractivity contribution in [2.24, 2.45) is 0 Å². The zero-order valence-electron chi connectivity index (χ0n) is 19.1. The van der Waals surface area contributed by atoms with Crippen molar-refractivity contribution in [1.82, 2.24) is 9.78 Å². The summed E-state index contributed by atoms with van der Waals surface area (Å²) in [6.07, 6.45) is 1.16. The van der Waals surface area contributed by atoms with E-state index in [1.165, 1.54) is 43.3 Å². The molecule has 0 fully saturated rings. The van der Waals surface area contributed by atoms with Crippen molar-refractivity contribution in [3.63, 3.8) is 0 Å². The lowest BCUT2D eigenvalue weighted by molar-refractivity contribution is -0.142. The summed E-state index contributed by atoms with van der Waals surface area (Å²) in [5.74, 6) is -3.46. The van der Waals surface area contributed by atoms with Crippen molar-refractivity contribution >= 4 is 23.5 Å². The van der Waals surface area contributed by atoms with E-state index >= 15 is 4.39 Å². The number of aliphatic carboxylic acids is 1. The molecule has 37 heavy (non-hydrogen) atoms. The summed E-state index contributed by atoms with van der Waals surface area (Å²) < 4.78 is 26.7. The van der Waals surface area contributed by atoms with E-state index in [2.05, 4.69) is 5.10 Å². The first-order valence-electron chi connectivity index (χ1n) is 10.4. The molecule has 1 aromatic heterocycles. The fourth-order valence-corrected chi connectivity index (χ4v) is 3.32. The lowest BCUT2D eigenvalue weighted by Crippen LogP contribution is -2.28. The number of halogens is 2. The lowest BCUT2D eigenvalue weighted by atomic mass is 10.1. The number of nitriles is 2. The van der Waals surface area contributed by atoms with E-state index in [-0.39, 0.29) is 50.9 Å². The molecule has 0 aliphatic rings. The maximum Gasteiger partial charge on any atom is 0.332 e. The number of hydrogen-bond acceptors (Lipinski definition) is 8. The van der Waals surface area contributed by atoms with Gasteiger partial charge in [0.1, 0.15) is 5.75 Å². The number of aromatic nitrogens is 2. The van der Waals surface area contributed by atoms with Gasteiger partial charge in [-0.3, -0.25) is 4.79 Å². The summed E-state index contributed by atoms with van der Waals surface area (Å²) >= 11 is 6.14. The van der Waals surface area contributed by atoms with Gasteiger partial charge in [0.25, 0.3) is 5.56 Å². The van der Waals surface area contributed by atoms with Crippen LogP contribution < -0.4 is 10.3 Å². The number of carboxylic acids is 1. The normalized spacial score (nSPS) is 10.5. The van der Waals surface area contributed by atoms with E-state index in [1.807, 2.05) is 12.1 Å². The minimum Gasteiger partial charge on any atom is -0.478 e. The smallest absolute Gasteiger partial charge is 0.332 e. The minimum atomic E-state index is -1.35. The molecule has 0 saturated heterocycles. The highest BCUT2D eigenvalue weighted by Gasteiger charge is 2.18. The Morgan fingerprint density at radius 2 is 1.84 bits per heavy atom. The number of esters is 1. The van der Waals surface area contributed by atoms with Gasteiger partial charge in [0, 0.05) is 24.1 Å². The fraction of sp³-hybridized carbons (Fsp3) is 0.120. The SMILES string of the molecule is Cc1cc(Cc2ccc(Cl)c(Oc3cc(C#N)cc(C#N)c3)c2F)nn(COC(=O)C=CC(=O)O)c1=O. The van der Waals surface area contributed by atoms with E-state index in [0.717, 1.165) is 4.68 Å². The zero-order valence-corrected chi connectivity index (χ0v) is 19.8. The molecule has 0 radical (unpaired) electrons. The van der Waals surface area contributed by atoms with Crippen LogP contribution in [-0.2, 0) is 27.5 Å². The van der Waals surface area contributed by atoms with Gasteiger partial charge < -0.3 is 14.6 Å². The highest BCUT2D eigenvalue weighted by molar-refractivity contribution is 6.32. The lowest BCUT2D eigenvalue weighted by Gasteiger charge is -2.13. The fourth-order valence-electron chi connectivity index (χ4n) is 3.13. The third kappa shape index (κ3) is 6.78. The number of hydrogen-bond donors (Lipinski definition) is 1. The molecule has 3 rings (SSSR count). The summed E-state index contributed by atoms with van der Waals surface area (Å²) in [7, 11) is 0. The largest absolute Gasteiger partial charge is 0.478 e. The quantitative estimate of drug-likeness (QED) is 0.345. The van der Waals surface area contributed by atoms with Gasteiger partial charge >= 0.3 is 11.9 Å². The molecule has 2 aromatic carbocycles. The van der Waals surface area contributed by atoms with Gasteiger partial charge in [-0.25, -0.2) is 14.0 Å². The summed E-state index contributed by atoms with van der Waals surface area (Å²) in [5, 5.41) is 30.9. The Kier molecular flexibility index (Phi) is 8.35. The molecule has 0 spiro atoms. The number of carbonyl (C=O) groups excluding carboxylic acids is 1. The standard InChI is InChI=1S/C25H16ClFN4O6/c1-14-6-18(30-31(25(14)35)13-36-22(34)5-4-21(32)33)10-17-2-3-20(26)24(23(17)27)37-19-8-15(11-28)7-16(9-19)12-29/h2-9H,10,13H2,1H3,(H,32,33). The van der Waals surface area contributed by atoms with Crippen molar-refractivity contribution < 1.29 is 28.6 Å². The van der Waals surface area contributed by atoms with E-state index in [0.29, 0.717) is 12.2 Å². The number of carboxylic acid groups (broad SMARTS) is 1. The first-order valence-corrected chi connectivity index (χ1v) is 10.7. The van der Waals surface area contributed by atoms with Crippen LogP contribution in [0.4, 0.5) is 4.39 Å². The molecule has 1 N–H and O–H groups in total. The second-order valence-electron chi connectivity index (χ2n) is 7.49. The Morgan fingerprint density at radius 3 is 2.46 bits per heavy atom. The van der Waals surface area contributed by atoms with Crippen LogP contribution in [-0.4, -0.2) is 26.8 Å². The third-order valence-electron chi connectivity index (χ3n) is 4.78. The monoisotopic (exact) mass is 522 g/mol. The van der Waals surface area contributed by atoms with Gasteiger partial charge in [-0.15, -0.1) is 0 Å². The second-order valence-corrected chi connectivity index (χ2v) is 7.89. The number of carbonyl (C=O) groups is 2. The van der Waals surface area contributed by atoms with Crippen LogP contribution in [0.25, 0.3) is 0 Å². The van der Waals surface area contributed by atoms with Crippen LogP contribution in [0, 0.1) is 35.4 Å². The maximum absolute atomic E-state index is 15.4. The van der Waals surface area contributed by atoms with Crippen LogP contribution in [0.5, 0.6) is 11.5 Å². The van der Waals surface area contributed by atoms with Crippen LogP contribution in [0.1, 0.15) is 27.9 Å². The van der Waals surface area contributed by atoms with Gasteiger partial charge in [0.15, 0.2) is 18.3 Å². The molecule has 0 amide bonds. The van der Waals surface area contributed by atoms with Gasteiger partial charge in [0.2, 0.25) is 0 Å². The topological polar surface area (TPSA) is 155 Å². The first-order chi connectivity index (χ1) is 17.6. The molecule has 186 valence electrons. The Balaban J connectivity index is 1.88. The minimum absolute atomic E-state index is 0.0369. The molecular formula is C25H16ClFN4O6. The van der Waals surface area contributed by atoms with Gasteiger partial charge in [-0.2, -0.15) is 20.3 Å². The molecule has 1 heterocycles. The summed E-state index contributed by atoms with van der Waals surface area (Å²) in [6.45, 7) is 0.905. The molecule has 0 bridgehead atoms. The van der Waals surface area contributed by atoms with Gasteiger partial charge in [0.05, 0.1) is 34.0 Å². The number of nitrogens with zero attached hydrogens (tertiary/aromatic N) is 4. The predicted octanol–water partition coefficient (Wildman–Crippen LogP) is 3.61. The molecule has 0 saturated carbocycles. The summed E-state index contributed by atoms with van der Waals surface area (Å²) in [6, 6.07) is 12.0. The van der Waals surface area contributed by atoms with Crippen LogP contribution in [0.2, 0.25) is 5.02 Å². The van der Waals surface area contributed by atoms with E-state index in [9.17, 15) is 14.4 Å². The molecule has 0 unspecified atom stereocenters. The van der Waals surface area contributed by atoms with E-state index in [1.54, 1.807) is 0 Å². The maximum atomic E-state index is 15.4. The zero-order chi connectivity index (χ0) is 27.1. The van der Waals surface area contributed by atoms with Crippen molar-refractivity contribution in [3.8, 4) is 23.6 Å². The molecular weight excluding hydrogens is 507 g/mol. The van der Waals surface area contributed by atoms with Crippen molar-refractivity contribution in [2.75, 3.05) is 0 Å². The number of ether oxygens (including phenoxy) is 2. The Hall–Kier alpha value is -5.00. The Morgan fingerprint density at radius 1 is 1.16 bits per heavy atom. The number of benzene rings is 2. The Labute approximate surface area is 214 Å². The Bertz CT molecular complexity index is 1540. The predicted molar refractivity (Wildman–Crippen MR) is 126 cm³/mol. The molecule has 0 atom stereocenters. The van der Waals surface area contributed by atoms with E-state index < -0.39 is 30.0 Å². The second kappa shape index (κ2) is 11.6. The van der Waals surface area contributed by atoms with Crippen molar-refractivity contribution in [2.45, 2.75) is 20.1 Å². The third-order valence-corrected chi connectivity index (χ3v) is 5.08. The number of rotatable bonds is 8. The van der Waals surface area contributed by atoms with Crippen molar-refractivity contribution in [3.05, 3.63) is 97.7 Å². The molecule has 10 nitrogen and oxygen atoms in total. The highest BCUT2D eigenvalue weighted by Crippen LogP contribution is 2.35. The summed E-state index contributed by atoms with van der Waals surface area (Å²) in [4.78, 5) is 34.5. The molecule has 12 heteroatoms. The molecule has 0 aliphatic heterocycles. The van der Waals surface area contributed by atoms with Crippen molar-refractivity contribution in [1.29, 1.82) is 10.5 Å². The van der Waals surface area contributed by atoms with Crippen LogP contribution >= 0.6 is 11.6 Å². The van der Waals surface area contributed by atoms with E-state index in [4.69, 9.17) is 36.7 Å². The average molecular weight is 523 g/mol. The van der Waals surface area contributed by atoms with Gasteiger partial charge in [-0.1, -0.05) is 17.7 Å². The van der Waals surface area contributed by atoms with Crippen LogP contribution in [0.3, 0.4) is 0 Å². The van der Waals surface area contributed by atoms with Gasteiger partial charge in [-0.05, 0) is 42.8 Å². The highest BCUT2D eigenvalue weighted by atomic mass is 35.5.